The molecule has 1 nitrogen and oxygen atoms in total. The molecule has 0 heterocycles. The van der Waals surface area contributed by atoms with Crippen LogP contribution < -0.4 is 4.74 Å². The molecular formula is C17H16O. The highest BCUT2D eigenvalue weighted by atomic mass is 16.5. The summed E-state index contributed by atoms with van der Waals surface area (Å²) in [6.07, 6.45) is 1.85. The minimum atomic E-state index is 0.876. The van der Waals surface area contributed by atoms with E-state index in [1.54, 1.807) is 7.11 Å². The van der Waals surface area contributed by atoms with E-state index in [9.17, 15) is 0 Å². The van der Waals surface area contributed by atoms with E-state index in [1.807, 2.05) is 42.5 Å². The van der Waals surface area contributed by atoms with E-state index in [0.717, 1.165) is 24.2 Å². The first-order valence-corrected chi connectivity index (χ1v) is 6.05. The fourth-order valence-corrected chi connectivity index (χ4v) is 1.69. The van der Waals surface area contributed by atoms with Crippen molar-refractivity contribution in [3.8, 4) is 17.6 Å². The summed E-state index contributed by atoms with van der Waals surface area (Å²) >= 11 is 0. The number of aryl methyl sites for hydroxylation is 1. The predicted molar refractivity (Wildman–Crippen MR) is 74.6 cm³/mol. The van der Waals surface area contributed by atoms with Crippen LogP contribution in [0, 0.1) is 11.8 Å². The van der Waals surface area contributed by atoms with Gasteiger partial charge in [-0.25, -0.2) is 0 Å². The second-order valence-corrected chi connectivity index (χ2v) is 4.02. The number of hydrogen-bond acceptors (Lipinski definition) is 1. The maximum atomic E-state index is 5.12. The third kappa shape index (κ3) is 3.68. The van der Waals surface area contributed by atoms with Gasteiger partial charge in [0.15, 0.2) is 0 Å². The van der Waals surface area contributed by atoms with E-state index in [0.29, 0.717) is 0 Å². The zero-order chi connectivity index (χ0) is 12.6. The minimum Gasteiger partial charge on any atom is -0.497 e. The van der Waals surface area contributed by atoms with Gasteiger partial charge in [-0.05, 0) is 36.2 Å². The molecule has 1 heteroatoms. The number of ether oxygens (including phenoxy) is 1. The average molecular weight is 236 g/mol. The molecule has 0 aliphatic carbocycles. The van der Waals surface area contributed by atoms with Crippen molar-refractivity contribution in [2.75, 3.05) is 7.11 Å². The lowest BCUT2D eigenvalue weighted by Crippen LogP contribution is -1.86. The van der Waals surface area contributed by atoms with E-state index >= 15 is 0 Å². The summed E-state index contributed by atoms with van der Waals surface area (Å²) in [5.41, 5.74) is 2.37. The molecule has 0 spiro atoms. The normalized spacial score (nSPS) is 9.39. The Morgan fingerprint density at radius 1 is 0.944 bits per heavy atom. The maximum Gasteiger partial charge on any atom is 0.118 e. The molecule has 0 saturated carbocycles. The quantitative estimate of drug-likeness (QED) is 0.739. The van der Waals surface area contributed by atoms with Crippen LogP contribution in [0.4, 0.5) is 0 Å². The van der Waals surface area contributed by atoms with Crippen LogP contribution in [0.5, 0.6) is 5.75 Å². The van der Waals surface area contributed by atoms with Crippen LogP contribution in [0.15, 0.2) is 54.6 Å². The van der Waals surface area contributed by atoms with E-state index in [1.165, 1.54) is 5.56 Å². The first-order chi connectivity index (χ1) is 8.88. The zero-order valence-corrected chi connectivity index (χ0v) is 10.5. The monoisotopic (exact) mass is 236 g/mol. The molecule has 2 rings (SSSR count). The van der Waals surface area contributed by atoms with Crippen molar-refractivity contribution in [1.29, 1.82) is 0 Å². The zero-order valence-electron chi connectivity index (χ0n) is 10.5. The maximum absolute atomic E-state index is 5.12. The van der Waals surface area contributed by atoms with Crippen LogP contribution in [-0.2, 0) is 6.42 Å². The molecule has 0 N–H and O–H groups in total. The van der Waals surface area contributed by atoms with Gasteiger partial charge in [0, 0.05) is 12.0 Å². The van der Waals surface area contributed by atoms with Crippen LogP contribution in [0.1, 0.15) is 17.5 Å². The van der Waals surface area contributed by atoms with Gasteiger partial charge >= 0.3 is 0 Å². The highest BCUT2D eigenvalue weighted by Gasteiger charge is 1.92. The fourth-order valence-electron chi connectivity index (χ4n) is 1.69. The van der Waals surface area contributed by atoms with Crippen molar-refractivity contribution in [3.63, 3.8) is 0 Å². The summed E-state index contributed by atoms with van der Waals surface area (Å²) < 4.78 is 5.12. The lowest BCUT2D eigenvalue weighted by molar-refractivity contribution is 0.414. The summed E-state index contributed by atoms with van der Waals surface area (Å²) in [5, 5.41) is 0. The number of benzene rings is 2. The molecule has 2 aromatic rings. The van der Waals surface area contributed by atoms with Gasteiger partial charge in [-0.3, -0.25) is 0 Å². The van der Waals surface area contributed by atoms with E-state index < -0.39 is 0 Å². The Hall–Kier alpha value is -2.20. The molecule has 0 saturated heterocycles. The molecule has 0 amide bonds. The van der Waals surface area contributed by atoms with Gasteiger partial charge in [-0.15, -0.1) is 0 Å². The molecule has 0 aromatic heterocycles. The van der Waals surface area contributed by atoms with Crippen molar-refractivity contribution >= 4 is 0 Å². The van der Waals surface area contributed by atoms with Gasteiger partial charge in [-0.2, -0.15) is 0 Å². The van der Waals surface area contributed by atoms with Crippen molar-refractivity contribution in [2.45, 2.75) is 12.8 Å². The Balaban J connectivity index is 1.87. The third-order valence-electron chi connectivity index (χ3n) is 2.70. The Morgan fingerprint density at radius 3 is 2.33 bits per heavy atom. The summed E-state index contributed by atoms with van der Waals surface area (Å²) in [4.78, 5) is 0. The highest BCUT2D eigenvalue weighted by molar-refractivity contribution is 5.34. The van der Waals surface area contributed by atoms with Crippen LogP contribution >= 0.6 is 0 Å². The highest BCUT2D eigenvalue weighted by Crippen LogP contribution is 2.12. The number of methoxy groups -OCH3 is 1. The van der Waals surface area contributed by atoms with Crippen molar-refractivity contribution in [2.24, 2.45) is 0 Å². The Morgan fingerprint density at radius 2 is 1.67 bits per heavy atom. The largest absolute Gasteiger partial charge is 0.497 e. The van der Waals surface area contributed by atoms with E-state index in [2.05, 4.69) is 24.0 Å². The topological polar surface area (TPSA) is 9.23 Å². The molecule has 0 aliphatic rings. The second kappa shape index (κ2) is 6.51. The molecule has 0 fully saturated rings. The lowest BCUT2D eigenvalue weighted by Gasteiger charge is -2.00. The minimum absolute atomic E-state index is 0.876. The lowest BCUT2D eigenvalue weighted by atomic mass is 10.1. The fraction of sp³-hybridized carbons (Fsp3) is 0.176. The summed E-state index contributed by atoms with van der Waals surface area (Å²) in [6, 6.07) is 18.2. The standard InChI is InChI=1S/C17H16O/c1-18-17-13-11-16(12-14-17)10-6-5-9-15-7-3-2-4-8-15/h2-4,7-8,11-14H,6,10H2,1H3. The number of rotatable bonds is 3. The molecule has 0 radical (unpaired) electrons. The molecule has 90 valence electrons. The van der Waals surface area contributed by atoms with Crippen molar-refractivity contribution in [3.05, 3.63) is 65.7 Å². The molecule has 0 atom stereocenters. The Bertz CT molecular complexity index is 529. The van der Waals surface area contributed by atoms with Crippen molar-refractivity contribution in [1.82, 2.24) is 0 Å². The number of hydrogen-bond donors (Lipinski definition) is 0. The third-order valence-corrected chi connectivity index (χ3v) is 2.70. The summed E-state index contributed by atoms with van der Waals surface area (Å²) in [7, 11) is 1.68. The molecule has 18 heavy (non-hydrogen) atoms. The van der Waals surface area contributed by atoms with Crippen LogP contribution in [0.25, 0.3) is 0 Å². The SMILES string of the molecule is COc1ccc(CCC#Cc2ccccc2)cc1. The molecular weight excluding hydrogens is 220 g/mol. The van der Waals surface area contributed by atoms with E-state index in [4.69, 9.17) is 4.74 Å². The summed E-state index contributed by atoms with van der Waals surface area (Å²) in [6.45, 7) is 0. The van der Waals surface area contributed by atoms with Crippen molar-refractivity contribution < 1.29 is 4.74 Å². The smallest absolute Gasteiger partial charge is 0.118 e. The molecule has 0 aliphatic heterocycles. The van der Waals surface area contributed by atoms with Crippen LogP contribution in [0.2, 0.25) is 0 Å². The Labute approximate surface area is 108 Å². The average Bonchev–Trinajstić information content (AvgIpc) is 2.45. The van der Waals surface area contributed by atoms with Gasteiger partial charge in [0.2, 0.25) is 0 Å². The first kappa shape index (κ1) is 12.3. The molecule has 0 bridgehead atoms. The van der Waals surface area contributed by atoms with Crippen LogP contribution in [-0.4, -0.2) is 7.11 Å². The summed E-state index contributed by atoms with van der Waals surface area (Å²) in [5.74, 6) is 7.26. The van der Waals surface area contributed by atoms with Gasteiger partial charge in [0.05, 0.1) is 7.11 Å². The van der Waals surface area contributed by atoms with Gasteiger partial charge in [0.1, 0.15) is 5.75 Å². The second-order valence-electron chi connectivity index (χ2n) is 4.02. The first-order valence-electron chi connectivity index (χ1n) is 6.05. The predicted octanol–water partition coefficient (Wildman–Crippen LogP) is 3.68. The van der Waals surface area contributed by atoms with Crippen LogP contribution in [0.3, 0.4) is 0 Å². The van der Waals surface area contributed by atoms with Gasteiger partial charge in [-0.1, -0.05) is 42.2 Å². The Kier molecular flexibility index (Phi) is 4.44. The van der Waals surface area contributed by atoms with E-state index in [-0.39, 0.29) is 0 Å². The molecule has 2 aromatic carbocycles. The van der Waals surface area contributed by atoms with Gasteiger partial charge in [0.25, 0.3) is 0 Å². The molecule has 0 unspecified atom stereocenters. The van der Waals surface area contributed by atoms with Gasteiger partial charge < -0.3 is 4.74 Å².